The van der Waals surface area contributed by atoms with E-state index in [1.54, 1.807) is 6.92 Å². The largest absolute Gasteiger partial charge is 0.505 e. The number of phenolic OH excluding ortho intramolecular Hbond substituents is 1. The molecule has 128 valence electrons. The van der Waals surface area contributed by atoms with Crippen LogP contribution in [0.25, 0.3) is 11.3 Å². The van der Waals surface area contributed by atoms with Crippen LogP contribution in [0.15, 0.2) is 48.7 Å². The number of hydrogen-bond donors (Lipinski definition) is 1. The standard InChI is InChI=1S/C18H14F2N2O3/c1-2-24-16-10-11(6-7-13(16)19)25-18-21-9-8-14(22-18)12-4-3-5-15(23)17(12)20/h3-10,23H,2H2,1H3. The van der Waals surface area contributed by atoms with E-state index in [0.717, 1.165) is 0 Å². The lowest BCUT2D eigenvalue weighted by atomic mass is 10.1. The van der Waals surface area contributed by atoms with Gasteiger partial charge in [0.2, 0.25) is 0 Å². The number of ether oxygens (including phenoxy) is 2. The molecule has 0 unspecified atom stereocenters. The molecule has 0 radical (unpaired) electrons. The van der Waals surface area contributed by atoms with Crippen molar-refractivity contribution in [1.82, 2.24) is 9.97 Å². The lowest BCUT2D eigenvalue weighted by molar-refractivity contribution is 0.318. The van der Waals surface area contributed by atoms with E-state index in [1.807, 2.05) is 0 Å². The van der Waals surface area contributed by atoms with Crippen LogP contribution in [-0.4, -0.2) is 21.7 Å². The van der Waals surface area contributed by atoms with Crippen molar-refractivity contribution in [3.63, 3.8) is 0 Å². The van der Waals surface area contributed by atoms with Crippen LogP contribution in [0.3, 0.4) is 0 Å². The third kappa shape index (κ3) is 3.65. The second kappa shape index (κ2) is 7.12. The van der Waals surface area contributed by atoms with Crippen molar-refractivity contribution in [2.45, 2.75) is 6.92 Å². The van der Waals surface area contributed by atoms with Crippen molar-refractivity contribution in [3.8, 4) is 34.5 Å². The maximum Gasteiger partial charge on any atom is 0.322 e. The molecule has 5 nitrogen and oxygen atoms in total. The lowest BCUT2D eigenvalue weighted by Gasteiger charge is -2.09. The molecule has 0 bridgehead atoms. The van der Waals surface area contributed by atoms with Crippen LogP contribution >= 0.6 is 0 Å². The Morgan fingerprint density at radius 3 is 2.76 bits per heavy atom. The highest BCUT2D eigenvalue weighted by atomic mass is 19.1. The molecule has 3 rings (SSSR count). The molecule has 0 saturated carbocycles. The minimum absolute atomic E-state index is 0.0469. The molecule has 1 heterocycles. The molecule has 1 N–H and O–H groups in total. The Morgan fingerprint density at radius 2 is 1.96 bits per heavy atom. The highest BCUT2D eigenvalue weighted by Gasteiger charge is 2.12. The van der Waals surface area contributed by atoms with Crippen LogP contribution in [-0.2, 0) is 0 Å². The Morgan fingerprint density at radius 1 is 1.12 bits per heavy atom. The summed E-state index contributed by atoms with van der Waals surface area (Å²) in [6, 6.07) is 9.66. The Bertz CT molecular complexity index is 903. The van der Waals surface area contributed by atoms with Crippen LogP contribution in [0.1, 0.15) is 6.92 Å². The number of benzene rings is 2. The Kier molecular flexibility index (Phi) is 4.74. The minimum Gasteiger partial charge on any atom is -0.505 e. The first-order valence-electron chi connectivity index (χ1n) is 7.49. The van der Waals surface area contributed by atoms with E-state index in [-0.39, 0.29) is 28.8 Å². The van der Waals surface area contributed by atoms with Gasteiger partial charge in [0.1, 0.15) is 5.75 Å². The molecule has 0 atom stereocenters. The average Bonchev–Trinajstić information content (AvgIpc) is 2.61. The van der Waals surface area contributed by atoms with Gasteiger partial charge in [0.25, 0.3) is 0 Å². The monoisotopic (exact) mass is 344 g/mol. The van der Waals surface area contributed by atoms with E-state index < -0.39 is 17.4 Å². The summed E-state index contributed by atoms with van der Waals surface area (Å²) >= 11 is 0. The topological polar surface area (TPSA) is 64.5 Å². The molecule has 0 fully saturated rings. The lowest BCUT2D eigenvalue weighted by Crippen LogP contribution is -1.97. The first-order valence-corrected chi connectivity index (χ1v) is 7.49. The molecule has 7 heteroatoms. The summed E-state index contributed by atoms with van der Waals surface area (Å²) in [6.07, 6.45) is 1.40. The van der Waals surface area contributed by atoms with Gasteiger partial charge in [-0.15, -0.1) is 0 Å². The van der Waals surface area contributed by atoms with E-state index >= 15 is 0 Å². The van der Waals surface area contributed by atoms with Gasteiger partial charge in [0, 0.05) is 17.8 Å². The zero-order valence-electron chi connectivity index (χ0n) is 13.2. The molecule has 0 aliphatic carbocycles. The maximum absolute atomic E-state index is 14.0. The summed E-state index contributed by atoms with van der Waals surface area (Å²) in [4.78, 5) is 8.08. The van der Waals surface area contributed by atoms with Gasteiger partial charge >= 0.3 is 6.01 Å². The van der Waals surface area contributed by atoms with Gasteiger partial charge in [-0.2, -0.15) is 4.98 Å². The molecule has 0 spiro atoms. The molecule has 2 aromatic carbocycles. The maximum atomic E-state index is 14.0. The molecular formula is C18H14F2N2O3. The Hall–Kier alpha value is -3.22. The van der Waals surface area contributed by atoms with Gasteiger partial charge in [-0.3, -0.25) is 0 Å². The van der Waals surface area contributed by atoms with Gasteiger partial charge in [-0.25, -0.2) is 13.8 Å². The fraction of sp³-hybridized carbons (Fsp3) is 0.111. The molecule has 3 aromatic rings. The van der Waals surface area contributed by atoms with Crippen LogP contribution < -0.4 is 9.47 Å². The second-order valence-electron chi connectivity index (χ2n) is 4.99. The number of rotatable bonds is 5. The van der Waals surface area contributed by atoms with Crippen LogP contribution in [0.2, 0.25) is 0 Å². The second-order valence-corrected chi connectivity index (χ2v) is 4.99. The van der Waals surface area contributed by atoms with Crippen LogP contribution in [0, 0.1) is 11.6 Å². The average molecular weight is 344 g/mol. The first kappa shape index (κ1) is 16.6. The summed E-state index contributed by atoms with van der Waals surface area (Å²) < 4.78 is 38.3. The van der Waals surface area contributed by atoms with E-state index in [2.05, 4.69) is 9.97 Å². The molecular weight excluding hydrogens is 330 g/mol. The molecule has 0 saturated heterocycles. The quantitative estimate of drug-likeness (QED) is 0.747. The molecule has 0 aliphatic rings. The fourth-order valence-electron chi connectivity index (χ4n) is 2.18. The Labute approximate surface area is 142 Å². The summed E-state index contributed by atoms with van der Waals surface area (Å²) in [6.45, 7) is 2.05. The van der Waals surface area contributed by atoms with Crippen molar-refractivity contribution in [2.24, 2.45) is 0 Å². The predicted molar refractivity (Wildman–Crippen MR) is 86.7 cm³/mol. The number of aromatic hydroxyl groups is 1. The van der Waals surface area contributed by atoms with Crippen molar-refractivity contribution < 1.29 is 23.4 Å². The van der Waals surface area contributed by atoms with Crippen molar-refractivity contribution in [2.75, 3.05) is 6.61 Å². The molecule has 0 amide bonds. The summed E-state index contributed by atoms with van der Waals surface area (Å²) in [5, 5.41) is 9.47. The highest BCUT2D eigenvalue weighted by molar-refractivity contribution is 5.62. The summed E-state index contributed by atoms with van der Waals surface area (Å²) in [7, 11) is 0. The number of phenols is 1. The zero-order chi connectivity index (χ0) is 17.8. The smallest absolute Gasteiger partial charge is 0.322 e. The normalized spacial score (nSPS) is 10.5. The van der Waals surface area contributed by atoms with E-state index in [9.17, 15) is 13.9 Å². The number of nitrogens with zero attached hydrogens (tertiary/aromatic N) is 2. The molecule has 0 aliphatic heterocycles. The van der Waals surface area contributed by atoms with Gasteiger partial charge in [-0.05, 0) is 37.3 Å². The highest BCUT2D eigenvalue weighted by Crippen LogP contribution is 2.29. The summed E-state index contributed by atoms with van der Waals surface area (Å²) in [5.74, 6) is -1.44. The van der Waals surface area contributed by atoms with E-state index in [0.29, 0.717) is 6.61 Å². The van der Waals surface area contributed by atoms with Crippen molar-refractivity contribution in [3.05, 3.63) is 60.3 Å². The third-order valence-corrected chi connectivity index (χ3v) is 3.30. The van der Waals surface area contributed by atoms with Crippen molar-refractivity contribution >= 4 is 0 Å². The van der Waals surface area contributed by atoms with Gasteiger partial charge in [0.15, 0.2) is 23.1 Å². The molecule has 1 aromatic heterocycles. The fourth-order valence-corrected chi connectivity index (χ4v) is 2.18. The number of halogens is 2. The van der Waals surface area contributed by atoms with E-state index in [1.165, 1.54) is 48.7 Å². The number of aromatic nitrogens is 2. The van der Waals surface area contributed by atoms with Crippen molar-refractivity contribution in [1.29, 1.82) is 0 Å². The Balaban J connectivity index is 1.90. The van der Waals surface area contributed by atoms with E-state index in [4.69, 9.17) is 9.47 Å². The van der Waals surface area contributed by atoms with Crippen LogP contribution in [0.5, 0.6) is 23.3 Å². The van der Waals surface area contributed by atoms with Gasteiger partial charge < -0.3 is 14.6 Å². The SMILES string of the molecule is CCOc1cc(Oc2nccc(-c3cccc(O)c3F)n2)ccc1F. The van der Waals surface area contributed by atoms with Gasteiger partial charge in [0.05, 0.1) is 12.3 Å². The minimum atomic E-state index is -0.785. The summed E-state index contributed by atoms with van der Waals surface area (Å²) in [5.41, 5.74) is 0.354. The van der Waals surface area contributed by atoms with Crippen LogP contribution in [0.4, 0.5) is 8.78 Å². The van der Waals surface area contributed by atoms with Gasteiger partial charge in [-0.1, -0.05) is 6.07 Å². The number of hydrogen-bond acceptors (Lipinski definition) is 5. The molecule has 25 heavy (non-hydrogen) atoms. The zero-order valence-corrected chi connectivity index (χ0v) is 13.2. The first-order chi connectivity index (χ1) is 12.1. The third-order valence-electron chi connectivity index (χ3n) is 3.30. The predicted octanol–water partition coefficient (Wildman–Crippen LogP) is 4.32.